The van der Waals surface area contributed by atoms with Crippen molar-refractivity contribution in [3.8, 4) is 0 Å². The van der Waals surface area contributed by atoms with Crippen LogP contribution in [0.1, 0.15) is 53.5 Å². The first kappa shape index (κ1) is 27.4. The van der Waals surface area contributed by atoms with Gasteiger partial charge in [-0.15, -0.1) is 0 Å². The van der Waals surface area contributed by atoms with Crippen LogP contribution in [0.5, 0.6) is 0 Å². The molecule has 1 aromatic heterocycles. The minimum Gasteiger partial charge on any atom is -0.371 e. The van der Waals surface area contributed by atoms with Gasteiger partial charge in [-0.2, -0.15) is 5.10 Å². The predicted octanol–water partition coefficient (Wildman–Crippen LogP) is 4.06. The molecule has 0 radical (unpaired) electrons. The molecule has 3 fully saturated rings. The smallest absolute Gasteiger partial charge is 0.282 e. The lowest BCUT2D eigenvalue weighted by molar-refractivity contribution is -0.113. The molecule has 13 heteroatoms. The van der Waals surface area contributed by atoms with Gasteiger partial charge in [-0.3, -0.25) is 19.0 Å². The van der Waals surface area contributed by atoms with Crippen LogP contribution in [0.25, 0.3) is 10.9 Å². The van der Waals surface area contributed by atoms with Gasteiger partial charge in [0.25, 0.3) is 17.7 Å². The van der Waals surface area contributed by atoms with Gasteiger partial charge in [0.15, 0.2) is 5.69 Å². The molecule has 2 amide bonds. The Hall–Kier alpha value is -3.74. The summed E-state index contributed by atoms with van der Waals surface area (Å²) >= 11 is 0. The maximum absolute atomic E-state index is 13.6. The first-order valence-corrected chi connectivity index (χ1v) is 15.4. The lowest BCUT2D eigenvalue weighted by Gasteiger charge is -2.38. The number of amides is 2. The first-order valence-electron chi connectivity index (χ1n) is 13.7. The number of piperidine rings is 1. The van der Waals surface area contributed by atoms with Gasteiger partial charge >= 0.3 is 0 Å². The van der Waals surface area contributed by atoms with E-state index in [-0.39, 0.29) is 11.4 Å². The van der Waals surface area contributed by atoms with Gasteiger partial charge in [-0.25, -0.2) is 17.2 Å². The molecule has 0 atom stereocenters. The maximum Gasteiger partial charge on any atom is 0.282 e. The van der Waals surface area contributed by atoms with Crippen LogP contribution in [0.2, 0.25) is 0 Å². The van der Waals surface area contributed by atoms with E-state index in [2.05, 4.69) is 20.0 Å². The van der Waals surface area contributed by atoms with E-state index in [9.17, 15) is 26.8 Å². The zero-order valence-electron chi connectivity index (χ0n) is 22.9. The number of likely N-dealkylation sites (tertiary alicyclic amines) is 1. The molecule has 3 aliphatic rings. The molecular formula is C28H32F2N6O4S. The first-order chi connectivity index (χ1) is 19.4. The summed E-state index contributed by atoms with van der Waals surface area (Å²) in [7, 11) is -1.84. The van der Waals surface area contributed by atoms with E-state index >= 15 is 0 Å². The number of halogens is 2. The van der Waals surface area contributed by atoms with Gasteiger partial charge in [-0.05, 0) is 74.4 Å². The van der Waals surface area contributed by atoms with Crippen molar-refractivity contribution in [3.05, 3.63) is 47.7 Å². The fraction of sp³-hybridized carbons (Fsp3) is 0.464. The molecule has 2 aliphatic heterocycles. The number of aryl methyl sites for hydroxylation is 1. The van der Waals surface area contributed by atoms with Crippen LogP contribution in [0.15, 0.2) is 36.4 Å². The molecule has 3 aromatic rings. The molecule has 2 aromatic carbocycles. The Balaban J connectivity index is 1.28. The second-order valence-electron chi connectivity index (χ2n) is 11.4. The molecule has 1 aliphatic carbocycles. The number of rotatable bonds is 7. The normalized spacial score (nSPS) is 19.2. The number of carbonyl (C=O) groups excluding carboxylic acids is 2. The van der Waals surface area contributed by atoms with Crippen LogP contribution in [-0.2, 0) is 17.1 Å². The SMILES string of the molecule is CCS(=O)(=O)Nc1ccc(C(=O)Nc2ccc3c(c2)c(C(=O)N2CC(F)(F)C2)nn3C)c(N2CCC3(CC2)CC3)c1. The van der Waals surface area contributed by atoms with Gasteiger partial charge in [-0.1, -0.05) is 0 Å². The summed E-state index contributed by atoms with van der Waals surface area (Å²) in [5.41, 5.74) is 2.92. The highest BCUT2D eigenvalue weighted by Gasteiger charge is 2.47. The third-order valence-corrected chi connectivity index (χ3v) is 9.77. The molecule has 2 N–H and O–H groups in total. The molecule has 1 spiro atoms. The number of anilines is 3. The lowest BCUT2D eigenvalue weighted by atomic mass is 9.93. The quantitative estimate of drug-likeness (QED) is 0.432. The minimum absolute atomic E-state index is 0.0460. The van der Waals surface area contributed by atoms with Crippen molar-refractivity contribution in [2.45, 2.75) is 38.5 Å². The Labute approximate surface area is 236 Å². The monoisotopic (exact) mass is 586 g/mol. The minimum atomic E-state index is -3.50. The van der Waals surface area contributed by atoms with E-state index in [0.29, 0.717) is 38.9 Å². The number of nitrogens with zero attached hydrogens (tertiary/aromatic N) is 4. The summed E-state index contributed by atoms with van der Waals surface area (Å²) in [6.07, 6.45) is 4.50. The molecule has 0 unspecified atom stereocenters. The van der Waals surface area contributed by atoms with E-state index in [1.807, 2.05) is 0 Å². The summed E-state index contributed by atoms with van der Waals surface area (Å²) in [6, 6.07) is 9.91. The van der Waals surface area contributed by atoms with E-state index in [4.69, 9.17) is 0 Å². The number of carbonyl (C=O) groups is 2. The molecule has 1 saturated carbocycles. The summed E-state index contributed by atoms with van der Waals surface area (Å²) < 4.78 is 55.3. The summed E-state index contributed by atoms with van der Waals surface area (Å²) in [4.78, 5) is 29.7. The third kappa shape index (κ3) is 5.34. The van der Waals surface area contributed by atoms with Gasteiger partial charge in [0.1, 0.15) is 0 Å². The van der Waals surface area contributed by atoms with E-state index in [0.717, 1.165) is 30.8 Å². The van der Waals surface area contributed by atoms with E-state index < -0.39 is 40.8 Å². The number of fused-ring (bicyclic) bond motifs is 1. The topological polar surface area (TPSA) is 117 Å². The Bertz CT molecular complexity index is 1650. The van der Waals surface area contributed by atoms with E-state index in [1.165, 1.54) is 17.5 Å². The molecule has 0 bridgehead atoms. The van der Waals surface area contributed by atoms with Crippen molar-refractivity contribution in [1.29, 1.82) is 0 Å². The average molecular weight is 587 g/mol. The molecule has 6 rings (SSSR count). The van der Waals surface area contributed by atoms with Crippen molar-refractivity contribution < 1.29 is 26.8 Å². The molecule has 41 heavy (non-hydrogen) atoms. The Kier molecular flexibility index (Phi) is 6.47. The molecule has 10 nitrogen and oxygen atoms in total. The predicted molar refractivity (Wildman–Crippen MR) is 152 cm³/mol. The van der Waals surface area contributed by atoms with Crippen LogP contribution in [0.3, 0.4) is 0 Å². The second-order valence-corrected chi connectivity index (χ2v) is 13.4. The van der Waals surface area contributed by atoms with Crippen LogP contribution in [0.4, 0.5) is 25.8 Å². The molecule has 3 heterocycles. The van der Waals surface area contributed by atoms with Crippen LogP contribution in [0, 0.1) is 5.41 Å². The number of sulfonamides is 1. The Morgan fingerprint density at radius 2 is 1.68 bits per heavy atom. The Morgan fingerprint density at radius 3 is 2.32 bits per heavy atom. The fourth-order valence-corrected chi connectivity index (χ4v) is 6.33. The number of alkyl halides is 2. The fourth-order valence-electron chi connectivity index (χ4n) is 5.70. The number of hydrogen-bond acceptors (Lipinski definition) is 6. The van der Waals surface area contributed by atoms with Gasteiger partial charge in [0.2, 0.25) is 10.0 Å². The standard InChI is InChI=1S/C28H32F2N6O4S/c1-3-41(39,40)33-19-4-6-20(23(15-19)35-12-10-27(8-9-27)11-13-35)25(37)31-18-5-7-22-21(14-18)24(32-34(22)2)26(38)36-16-28(29,30)17-36/h4-7,14-15,33H,3,8-13,16-17H2,1-2H3,(H,31,37). The van der Waals surface area contributed by atoms with Crippen LogP contribution >= 0.6 is 0 Å². The number of aromatic nitrogens is 2. The molecular weight excluding hydrogens is 554 g/mol. The zero-order valence-corrected chi connectivity index (χ0v) is 23.7. The highest BCUT2D eigenvalue weighted by molar-refractivity contribution is 7.92. The van der Waals surface area contributed by atoms with Gasteiger partial charge in [0.05, 0.1) is 41.3 Å². The Morgan fingerprint density at radius 1 is 1.00 bits per heavy atom. The zero-order chi connectivity index (χ0) is 29.2. The third-order valence-electron chi connectivity index (χ3n) is 8.46. The highest BCUT2D eigenvalue weighted by atomic mass is 32.2. The largest absolute Gasteiger partial charge is 0.371 e. The molecule has 218 valence electrons. The van der Waals surface area contributed by atoms with Crippen molar-refractivity contribution >= 4 is 49.8 Å². The van der Waals surface area contributed by atoms with E-state index in [1.54, 1.807) is 50.4 Å². The molecule has 2 saturated heterocycles. The summed E-state index contributed by atoms with van der Waals surface area (Å²) in [5.74, 6) is -3.94. The maximum atomic E-state index is 13.6. The lowest BCUT2D eigenvalue weighted by Crippen LogP contribution is -2.58. The van der Waals surface area contributed by atoms with Gasteiger partial charge in [0, 0.05) is 31.2 Å². The van der Waals surface area contributed by atoms with Crippen molar-refractivity contribution in [2.24, 2.45) is 12.5 Å². The number of hydrogen-bond donors (Lipinski definition) is 2. The number of benzene rings is 2. The average Bonchev–Trinajstić information content (AvgIpc) is 3.59. The highest BCUT2D eigenvalue weighted by Crippen LogP contribution is 2.54. The van der Waals surface area contributed by atoms with Gasteiger partial charge < -0.3 is 15.1 Å². The van der Waals surface area contributed by atoms with Crippen molar-refractivity contribution in [3.63, 3.8) is 0 Å². The van der Waals surface area contributed by atoms with Crippen molar-refractivity contribution in [1.82, 2.24) is 14.7 Å². The second kappa shape index (κ2) is 9.68. The summed E-state index contributed by atoms with van der Waals surface area (Å²) in [5, 5.41) is 7.60. The number of nitrogens with one attached hydrogen (secondary N) is 2. The van der Waals surface area contributed by atoms with Crippen LogP contribution < -0.4 is 14.9 Å². The summed E-state index contributed by atoms with van der Waals surface area (Å²) in [6.45, 7) is 1.80. The van der Waals surface area contributed by atoms with Crippen LogP contribution in [-0.4, -0.2) is 72.8 Å². The van der Waals surface area contributed by atoms with Crippen molar-refractivity contribution in [2.75, 3.05) is 46.9 Å².